The number of nitrogens with one attached hydrogen (secondary N) is 2. The molecule has 7 N–H and O–H groups in total. The number of likely N-dealkylation sites (tertiary alicyclic amines) is 1. The number of aliphatic carboxylic acids is 2. The molecule has 2 aliphatic rings. The van der Waals surface area contributed by atoms with Crippen molar-refractivity contribution < 1.29 is 87.5 Å². The van der Waals surface area contributed by atoms with Crippen LogP contribution in [0.2, 0.25) is 0 Å². The number of carbonyl (C=O) groups is 7. The van der Waals surface area contributed by atoms with Crippen LogP contribution in [0.15, 0.2) is 48.5 Å². The lowest BCUT2D eigenvalue weighted by Crippen LogP contribution is -2.61. The van der Waals surface area contributed by atoms with Crippen molar-refractivity contribution in [3.8, 4) is 23.8 Å². The largest absolute Gasteiger partial charge is 0.480 e. The standard InChI is InChI=1S/C56H81N5O18/c1-13-25-76-39-27-36(78-55-47(65)45(63)46(64)49(79-55)54(71)72)23-22-35(39)29-77-56(73)60(10)43(31(5)6)51(67)58-42(30(3)4)52(68)59(9)44(32(7)14-2)40(74-11)28-41(62)61-24-18-21-38(61)48(75-12)33(8)50(66)57-37(53(69)70)26-34-19-16-15-17-20-34/h1,15-17,19-20,22-23,27,30-33,37-38,40,42-49,55,63-65H,14,18,21,24-26,28-29H2,2-12H3,(H,57,66)(H,58,67)(H,69,70)(H,71,72). The van der Waals surface area contributed by atoms with Gasteiger partial charge in [0.2, 0.25) is 29.9 Å². The summed E-state index contributed by atoms with van der Waals surface area (Å²) in [6, 6.07) is 8.41. The first-order valence-electron chi connectivity index (χ1n) is 26.5. The Kier molecular flexibility index (Phi) is 24.8. The third kappa shape index (κ3) is 16.7. The Balaban J connectivity index is 1.46. The molecule has 2 saturated heterocycles. The number of terminal acetylenes is 1. The number of methoxy groups -OCH3 is 2. The van der Waals surface area contributed by atoms with Gasteiger partial charge in [0.15, 0.2) is 6.10 Å². The van der Waals surface area contributed by atoms with Crippen molar-refractivity contribution in [1.82, 2.24) is 25.3 Å². The van der Waals surface area contributed by atoms with E-state index < -0.39 is 133 Å². The lowest BCUT2D eigenvalue weighted by atomic mass is 9.89. The van der Waals surface area contributed by atoms with E-state index in [1.54, 1.807) is 70.8 Å². The number of hydrogen-bond acceptors (Lipinski definition) is 16. The highest BCUT2D eigenvalue weighted by Gasteiger charge is 2.49. The first-order chi connectivity index (χ1) is 37.3. The van der Waals surface area contributed by atoms with Crippen LogP contribution < -0.4 is 20.1 Å². The number of rotatable bonds is 28. The van der Waals surface area contributed by atoms with Crippen LogP contribution in [0.3, 0.4) is 0 Å². The van der Waals surface area contributed by atoms with Gasteiger partial charge in [-0.15, -0.1) is 6.42 Å². The molecule has 0 saturated carbocycles. The molecule has 79 heavy (non-hydrogen) atoms. The maximum atomic E-state index is 14.7. The smallest absolute Gasteiger partial charge is 0.410 e. The van der Waals surface area contributed by atoms with Crippen molar-refractivity contribution in [2.75, 3.05) is 41.5 Å². The molecular formula is C56H81N5O18. The first-order valence-corrected chi connectivity index (χ1v) is 26.5. The fourth-order valence-corrected chi connectivity index (χ4v) is 10.2. The third-order valence-electron chi connectivity index (χ3n) is 14.8. The van der Waals surface area contributed by atoms with Gasteiger partial charge in [-0.2, -0.15) is 0 Å². The Morgan fingerprint density at radius 3 is 2.10 bits per heavy atom. The van der Waals surface area contributed by atoms with Crippen molar-refractivity contribution in [1.29, 1.82) is 0 Å². The number of benzene rings is 2. The molecule has 4 rings (SSSR count). The number of carbonyl (C=O) groups excluding carboxylic acids is 5. The fraction of sp³-hybridized carbons (Fsp3) is 0.625. The molecule has 23 heteroatoms. The fourth-order valence-electron chi connectivity index (χ4n) is 10.2. The van der Waals surface area contributed by atoms with Crippen LogP contribution in [-0.2, 0) is 60.7 Å². The van der Waals surface area contributed by atoms with Gasteiger partial charge in [-0.1, -0.05) is 91.1 Å². The van der Waals surface area contributed by atoms with Crippen LogP contribution >= 0.6 is 0 Å². The van der Waals surface area contributed by atoms with E-state index in [-0.39, 0.29) is 48.3 Å². The summed E-state index contributed by atoms with van der Waals surface area (Å²) in [5.41, 5.74) is 1.02. The Morgan fingerprint density at radius 1 is 0.861 bits per heavy atom. The minimum absolute atomic E-state index is 0.0365. The number of carboxylic acids is 2. The predicted octanol–water partition coefficient (Wildman–Crippen LogP) is 2.44. The van der Waals surface area contributed by atoms with Crippen molar-refractivity contribution in [3.63, 3.8) is 0 Å². The molecule has 0 spiro atoms. The van der Waals surface area contributed by atoms with Gasteiger partial charge >= 0.3 is 18.0 Å². The number of carboxylic acid groups (broad SMARTS) is 2. The van der Waals surface area contributed by atoms with Gasteiger partial charge in [0.1, 0.15) is 61.2 Å². The zero-order valence-electron chi connectivity index (χ0n) is 47.0. The lowest BCUT2D eigenvalue weighted by Gasteiger charge is -2.41. The topological polar surface area (TPSA) is 310 Å². The third-order valence-corrected chi connectivity index (χ3v) is 14.8. The number of aliphatic hydroxyl groups excluding tert-OH is 3. The summed E-state index contributed by atoms with van der Waals surface area (Å²) in [5.74, 6) is -4.38. The van der Waals surface area contributed by atoms with Crippen LogP contribution in [0, 0.1) is 36.0 Å². The van der Waals surface area contributed by atoms with Crippen LogP contribution in [0.5, 0.6) is 11.5 Å². The minimum Gasteiger partial charge on any atom is -0.480 e. The van der Waals surface area contributed by atoms with E-state index in [0.29, 0.717) is 25.8 Å². The van der Waals surface area contributed by atoms with Crippen LogP contribution in [0.25, 0.3) is 0 Å². The van der Waals surface area contributed by atoms with Crippen molar-refractivity contribution in [3.05, 3.63) is 59.7 Å². The molecule has 0 aliphatic carbocycles. The number of nitrogens with zero attached hydrogens (tertiary/aromatic N) is 3. The molecule has 14 atom stereocenters. The number of aliphatic hydroxyl groups is 3. The summed E-state index contributed by atoms with van der Waals surface area (Å²) in [6.45, 7) is 12.2. The van der Waals surface area contributed by atoms with E-state index >= 15 is 0 Å². The van der Waals surface area contributed by atoms with Crippen LogP contribution in [0.4, 0.5) is 4.79 Å². The van der Waals surface area contributed by atoms with E-state index in [2.05, 4.69) is 16.6 Å². The molecule has 2 aliphatic heterocycles. The van der Waals surface area contributed by atoms with E-state index in [1.807, 2.05) is 19.9 Å². The maximum Gasteiger partial charge on any atom is 0.410 e. The Labute approximate surface area is 462 Å². The SMILES string of the molecule is C#CCOc1cc(OC2OC(C(=O)O)C(O)C(O)C2O)ccc1COC(=O)N(C)C(C(=O)NC(C(=O)N(C)C(C(C)CC)C(CC(=O)N1CCCC1C(OC)C(C)C(=O)NC(Cc1ccccc1)C(=O)O)OC)C(C)C)C(C)C. The molecule has 5 amide bonds. The molecule has 2 fully saturated rings. The van der Waals surface area contributed by atoms with Crippen LogP contribution in [0.1, 0.15) is 85.3 Å². The van der Waals surface area contributed by atoms with Crippen LogP contribution in [-0.4, -0.2) is 196 Å². The molecule has 438 valence electrons. The zero-order valence-corrected chi connectivity index (χ0v) is 47.0. The number of hydrogen-bond donors (Lipinski definition) is 7. The minimum atomic E-state index is -1.94. The van der Waals surface area contributed by atoms with Gasteiger partial charge < -0.3 is 74.4 Å². The second kappa shape index (κ2) is 30.2. The second-order valence-corrected chi connectivity index (χ2v) is 20.9. The summed E-state index contributed by atoms with van der Waals surface area (Å²) in [7, 11) is 5.88. The zero-order chi connectivity index (χ0) is 59.0. The molecule has 0 radical (unpaired) electrons. The molecule has 0 bridgehead atoms. The van der Waals surface area contributed by atoms with Gasteiger partial charge in [-0.05, 0) is 48.3 Å². The Morgan fingerprint density at radius 2 is 1.53 bits per heavy atom. The first kappa shape index (κ1) is 65.0. The van der Waals surface area contributed by atoms with Gasteiger partial charge in [-0.25, -0.2) is 14.4 Å². The molecule has 23 nitrogen and oxygen atoms in total. The highest BCUT2D eigenvalue weighted by atomic mass is 16.7. The molecule has 0 aromatic heterocycles. The maximum absolute atomic E-state index is 14.7. The number of ether oxygens (including phenoxy) is 6. The summed E-state index contributed by atoms with van der Waals surface area (Å²) in [4.78, 5) is 99.0. The molecule has 14 unspecified atom stereocenters. The summed E-state index contributed by atoms with van der Waals surface area (Å²) < 4.78 is 34.1. The lowest BCUT2D eigenvalue weighted by molar-refractivity contribution is -0.271. The monoisotopic (exact) mass is 1110 g/mol. The molecule has 2 aromatic carbocycles. The molecule has 2 heterocycles. The normalized spacial score (nSPS) is 22.2. The predicted molar refractivity (Wildman–Crippen MR) is 285 cm³/mol. The number of likely N-dealkylation sites (N-methyl/N-ethyl adjacent to an activating group) is 2. The van der Waals surface area contributed by atoms with Crippen molar-refractivity contribution in [2.24, 2.45) is 23.7 Å². The van der Waals surface area contributed by atoms with E-state index in [9.17, 15) is 59.1 Å². The van der Waals surface area contributed by atoms with Gasteiger partial charge in [0.05, 0.1) is 36.6 Å². The summed E-state index contributed by atoms with van der Waals surface area (Å²) in [5, 5.41) is 55.7. The van der Waals surface area contributed by atoms with E-state index in [0.717, 1.165) is 10.5 Å². The average Bonchev–Trinajstić information content (AvgIpc) is 3.93. The average molecular weight is 1110 g/mol. The van der Waals surface area contributed by atoms with E-state index in [1.165, 1.54) is 44.4 Å². The quantitative estimate of drug-likeness (QED) is 0.0602. The van der Waals surface area contributed by atoms with Gasteiger partial charge in [-0.3, -0.25) is 24.1 Å². The van der Waals surface area contributed by atoms with Gasteiger partial charge in [0.25, 0.3) is 0 Å². The van der Waals surface area contributed by atoms with Crippen molar-refractivity contribution in [2.45, 2.75) is 160 Å². The second-order valence-electron chi connectivity index (χ2n) is 20.9. The number of amides is 5. The summed E-state index contributed by atoms with van der Waals surface area (Å²) in [6.07, 6.45) is -4.74. The van der Waals surface area contributed by atoms with E-state index in [4.69, 9.17) is 34.8 Å². The van der Waals surface area contributed by atoms with Gasteiger partial charge in [0, 0.05) is 52.9 Å². The Bertz CT molecular complexity index is 2420. The van der Waals surface area contributed by atoms with Crippen molar-refractivity contribution >= 4 is 41.7 Å². The Hall–Kier alpha value is -6.55. The molecule has 2 aromatic rings. The highest BCUT2D eigenvalue weighted by molar-refractivity contribution is 5.92. The highest BCUT2D eigenvalue weighted by Crippen LogP contribution is 2.32. The summed E-state index contributed by atoms with van der Waals surface area (Å²) >= 11 is 0. The molecular weight excluding hydrogens is 1030 g/mol.